The highest BCUT2D eigenvalue weighted by atomic mass is 16.5. The Morgan fingerprint density at radius 2 is 2.27 bits per heavy atom. The molecule has 1 aliphatic heterocycles. The molecule has 6 nitrogen and oxygen atoms in total. The molecule has 0 aromatic carbocycles. The Morgan fingerprint density at radius 1 is 1.42 bits per heavy atom. The number of imidazole rings is 1. The van der Waals surface area contributed by atoms with Crippen LogP contribution in [0.4, 0.5) is 0 Å². The van der Waals surface area contributed by atoms with Crippen molar-refractivity contribution in [3.63, 3.8) is 0 Å². The normalized spacial score (nSPS) is 25.8. The number of nitrogens with one attached hydrogen (secondary N) is 1. The summed E-state index contributed by atoms with van der Waals surface area (Å²) in [5.74, 6) is 1.73. The number of nitrogens with zero attached hydrogens (tertiary/aromatic N) is 4. The maximum Gasteiger partial charge on any atom is 0.194 e. The number of piperidine rings is 1. The molecule has 1 aromatic heterocycles. The van der Waals surface area contributed by atoms with Gasteiger partial charge in [0.25, 0.3) is 0 Å². The van der Waals surface area contributed by atoms with Crippen LogP contribution in [-0.4, -0.2) is 60.3 Å². The Labute approximate surface area is 158 Å². The number of guanidine groups is 1. The number of hydrogen-bond acceptors (Lipinski definition) is 3. The van der Waals surface area contributed by atoms with Gasteiger partial charge in [0.2, 0.25) is 0 Å². The molecule has 2 fully saturated rings. The van der Waals surface area contributed by atoms with Crippen molar-refractivity contribution in [2.24, 2.45) is 16.3 Å². The second kappa shape index (κ2) is 8.89. The van der Waals surface area contributed by atoms with Gasteiger partial charge in [-0.2, -0.15) is 0 Å². The second-order valence-electron chi connectivity index (χ2n) is 8.06. The molecule has 2 atom stereocenters. The van der Waals surface area contributed by atoms with E-state index in [0.29, 0.717) is 17.4 Å². The van der Waals surface area contributed by atoms with Crippen molar-refractivity contribution < 1.29 is 4.74 Å². The van der Waals surface area contributed by atoms with E-state index in [1.807, 2.05) is 12.5 Å². The van der Waals surface area contributed by atoms with Crippen molar-refractivity contribution in [1.82, 2.24) is 19.8 Å². The summed E-state index contributed by atoms with van der Waals surface area (Å²) >= 11 is 0. The molecule has 1 saturated carbocycles. The molecular formula is C20H35N5O. The fourth-order valence-corrected chi connectivity index (χ4v) is 4.25. The van der Waals surface area contributed by atoms with E-state index in [2.05, 4.69) is 39.8 Å². The molecule has 1 saturated heterocycles. The Balaban J connectivity index is 1.68. The van der Waals surface area contributed by atoms with Crippen molar-refractivity contribution >= 4 is 5.96 Å². The van der Waals surface area contributed by atoms with Gasteiger partial charge in [-0.25, -0.2) is 4.98 Å². The Kier molecular flexibility index (Phi) is 6.57. The maximum absolute atomic E-state index is 5.33. The number of aliphatic imine (C=N–C) groups is 1. The van der Waals surface area contributed by atoms with E-state index in [0.717, 1.165) is 45.2 Å². The fraction of sp³-hybridized carbons (Fsp3) is 0.800. The third-order valence-electron chi connectivity index (χ3n) is 6.28. The lowest BCUT2D eigenvalue weighted by atomic mass is 9.67. The Bertz CT molecular complexity index is 567. The molecule has 26 heavy (non-hydrogen) atoms. The van der Waals surface area contributed by atoms with Crippen molar-refractivity contribution in [2.45, 2.75) is 52.0 Å². The minimum atomic E-state index is 0.365. The topological polar surface area (TPSA) is 54.7 Å². The number of ether oxygens (including phenoxy) is 1. The zero-order chi connectivity index (χ0) is 18.4. The molecule has 2 heterocycles. The average molecular weight is 362 g/mol. The molecule has 0 spiro atoms. The lowest BCUT2D eigenvalue weighted by Gasteiger charge is -2.42. The molecule has 2 aliphatic rings. The zero-order valence-corrected chi connectivity index (χ0v) is 16.7. The Morgan fingerprint density at radius 3 is 2.88 bits per heavy atom. The van der Waals surface area contributed by atoms with E-state index in [1.165, 1.54) is 25.7 Å². The minimum absolute atomic E-state index is 0.365. The van der Waals surface area contributed by atoms with Crippen LogP contribution in [0.3, 0.4) is 0 Å². The van der Waals surface area contributed by atoms with Crippen molar-refractivity contribution in [3.05, 3.63) is 18.7 Å². The lowest BCUT2D eigenvalue weighted by Crippen LogP contribution is -2.49. The van der Waals surface area contributed by atoms with Gasteiger partial charge in [0.15, 0.2) is 5.96 Å². The summed E-state index contributed by atoms with van der Waals surface area (Å²) in [4.78, 5) is 11.8. The first-order valence-electron chi connectivity index (χ1n) is 10.2. The van der Waals surface area contributed by atoms with Gasteiger partial charge < -0.3 is 19.5 Å². The van der Waals surface area contributed by atoms with Gasteiger partial charge >= 0.3 is 0 Å². The van der Waals surface area contributed by atoms with Gasteiger partial charge in [-0.3, -0.25) is 4.99 Å². The lowest BCUT2D eigenvalue weighted by molar-refractivity contribution is 0.0774. The zero-order valence-electron chi connectivity index (χ0n) is 16.7. The molecule has 0 amide bonds. The van der Waals surface area contributed by atoms with Crippen molar-refractivity contribution in [2.75, 3.05) is 39.9 Å². The van der Waals surface area contributed by atoms with Crippen molar-refractivity contribution in [1.29, 1.82) is 0 Å². The highest BCUT2D eigenvalue weighted by Crippen LogP contribution is 2.44. The highest BCUT2D eigenvalue weighted by molar-refractivity contribution is 5.80. The molecule has 0 radical (unpaired) electrons. The summed E-state index contributed by atoms with van der Waals surface area (Å²) in [7, 11) is 1.80. The third kappa shape index (κ3) is 4.40. The van der Waals surface area contributed by atoms with Gasteiger partial charge in [0, 0.05) is 52.3 Å². The molecule has 1 aliphatic carbocycles. The number of methoxy groups -OCH3 is 1. The van der Waals surface area contributed by atoms with Gasteiger partial charge in [-0.05, 0) is 43.9 Å². The standard InChI is InChI=1S/C20H35N5O/c1-4-22-19(23-15-20(7-5-8-20)9-13-26-3)24-11-6-17(2)18(14-24)25-12-10-21-16-25/h10,12,16-18H,4-9,11,13-15H2,1-3H3,(H,22,23). The van der Waals surface area contributed by atoms with E-state index in [1.54, 1.807) is 7.11 Å². The van der Waals surface area contributed by atoms with Crippen LogP contribution in [0.1, 0.15) is 52.0 Å². The third-order valence-corrected chi connectivity index (χ3v) is 6.28. The molecule has 2 unspecified atom stereocenters. The summed E-state index contributed by atoms with van der Waals surface area (Å²) in [6.07, 6.45) is 12.1. The van der Waals surface area contributed by atoms with Crippen LogP contribution >= 0.6 is 0 Å². The quantitative estimate of drug-likeness (QED) is 0.599. The predicted octanol–water partition coefficient (Wildman–Crippen LogP) is 2.94. The highest BCUT2D eigenvalue weighted by Gasteiger charge is 2.37. The summed E-state index contributed by atoms with van der Waals surface area (Å²) in [5.41, 5.74) is 0.365. The van der Waals surface area contributed by atoms with Crippen LogP contribution in [0.5, 0.6) is 0 Å². The number of rotatable bonds is 7. The predicted molar refractivity (Wildman–Crippen MR) is 105 cm³/mol. The van der Waals surface area contributed by atoms with Crippen LogP contribution in [0, 0.1) is 11.3 Å². The summed E-state index contributed by atoms with van der Waals surface area (Å²) in [6, 6.07) is 0.460. The summed E-state index contributed by atoms with van der Waals surface area (Å²) < 4.78 is 7.58. The average Bonchev–Trinajstić information content (AvgIpc) is 3.14. The summed E-state index contributed by atoms with van der Waals surface area (Å²) in [6.45, 7) is 9.24. The first kappa shape index (κ1) is 19.2. The number of likely N-dealkylation sites (tertiary alicyclic amines) is 1. The summed E-state index contributed by atoms with van der Waals surface area (Å²) in [5, 5.41) is 3.53. The van der Waals surface area contributed by atoms with E-state index < -0.39 is 0 Å². The van der Waals surface area contributed by atoms with Crippen LogP contribution in [-0.2, 0) is 4.74 Å². The van der Waals surface area contributed by atoms with Gasteiger partial charge in [0.1, 0.15) is 0 Å². The largest absolute Gasteiger partial charge is 0.385 e. The number of aromatic nitrogens is 2. The van der Waals surface area contributed by atoms with E-state index in [4.69, 9.17) is 9.73 Å². The van der Waals surface area contributed by atoms with Crippen LogP contribution in [0.25, 0.3) is 0 Å². The minimum Gasteiger partial charge on any atom is -0.385 e. The van der Waals surface area contributed by atoms with Crippen LogP contribution in [0.2, 0.25) is 0 Å². The smallest absolute Gasteiger partial charge is 0.194 e. The first-order valence-corrected chi connectivity index (χ1v) is 10.2. The number of hydrogen-bond donors (Lipinski definition) is 1. The molecule has 0 bridgehead atoms. The molecular weight excluding hydrogens is 326 g/mol. The molecule has 146 valence electrons. The first-order chi connectivity index (χ1) is 12.7. The maximum atomic E-state index is 5.33. The van der Waals surface area contributed by atoms with Gasteiger partial charge in [-0.15, -0.1) is 0 Å². The molecule has 1 aromatic rings. The van der Waals surface area contributed by atoms with Gasteiger partial charge in [0.05, 0.1) is 12.4 Å². The van der Waals surface area contributed by atoms with Crippen molar-refractivity contribution in [3.8, 4) is 0 Å². The van der Waals surface area contributed by atoms with Gasteiger partial charge in [-0.1, -0.05) is 13.3 Å². The molecule has 1 N–H and O–H groups in total. The second-order valence-corrected chi connectivity index (χ2v) is 8.06. The fourth-order valence-electron chi connectivity index (χ4n) is 4.25. The monoisotopic (exact) mass is 361 g/mol. The van der Waals surface area contributed by atoms with E-state index in [9.17, 15) is 0 Å². The van der Waals surface area contributed by atoms with Crippen LogP contribution in [0.15, 0.2) is 23.7 Å². The van der Waals surface area contributed by atoms with Crippen LogP contribution < -0.4 is 5.32 Å². The van der Waals surface area contributed by atoms with E-state index in [-0.39, 0.29) is 0 Å². The van der Waals surface area contributed by atoms with E-state index >= 15 is 0 Å². The SMILES string of the molecule is CCNC(=NCC1(CCOC)CCC1)N1CCC(C)C(n2ccnc2)C1. The molecule has 3 rings (SSSR count). The molecule has 6 heteroatoms. The Hall–Kier alpha value is -1.56.